The third-order valence-electron chi connectivity index (χ3n) is 11.8. The first kappa shape index (κ1) is 34.7. The molecule has 0 aliphatic carbocycles. The van der Waals surface area contributed by atoms with Crippen LogP contribution in [0.1, 0.15) is 67.7 Å². The Morgan fingerprint density at radius 1 is 0.962 bits per heavy atom. The molecular weight excluding hydrogens is 667 g/mol. The summed E-state index contributed by atoms with van der Waals surface area (Å²) in [6.07, 6.45) is 1.74. The lowest BCUT2D eigenvalue weighted by Crippen LogP contribution is -2.45. The van der Waals surface area contributed by atoms with E-state index in [-0.39, 0.29) is 29.8 Å². The number of hydrogen-bond acceptors (Lipinski definition) is 7. The number of aliphatic hydroxyl groups excluding tert-OH is 1. The smallest absolute Gasteiger partial charge is 0.264 e. The Morgan fingerprint density at radius 3 is 2.36 bits per heavy atom. The summed E-state index contributed by atoms with van der Waals surface area (Å²) in [4.78, 5) is 30.8. The maximum atomic E-state index is 15.1. The van der Waals surface area contributed by atoms with Crippen LogP contribution in [0.25, 0.3) is 0 Å². The average Bonchev–Trinajstić information content (AvgIpc) is 3.84. The maximum Gasteiger partial charge on any atom is 0.264 e. The molecule has 2 amide bonds. The largest absolute Gasteiger partial charge is 0.497 e. The van der Waals surface area contributed by atoms with Crippen molar-refractivity contribution in [2.75, 3.05) is 23.5 Å². The highest BCUT2D eigenvalue weighted by atomic mass is 16.5. The number of carbonyl (C=O) groups is 2. The molecule has 10 heteroatoms. The van der Waals surface area contributed by atoms with Crippen LogP contribution in [0.15, 0.2) is 109 Å². The summed E-state index contributed by atoms with van der Waals surface area (Å²) in [6, 6.07) is 33.5. The summed E-state index contributed by atoms with van der Waals surface area (Å²) in [6.45, 7) is 8.24. The lowest BCUT2D eigenvalue weighted by Gasteiger charge is -2.38. The predicted molar refractivity (Wildman–Crippen MR) is 201 cm³/mol. The monoisotopic (exact) mass is 711 g/mol. The standard InChI is InChI=1S/C43H45N5O5/c1-28-39(42(2,3)31-16-20-33(52-4)21-17-31)37(22-24-46-27-35(44-45-46)40(50)30-10-6-5-7-11-30)53-43(28)34-12-8-9-13-36(34)48(41(43)51)26-29-14-18-32(19-15-29)47-25-23-38(47)49/h5-21,27-28,37,39-40,50H,22-26H2,1-4H3/t28-,37+,39-,40-,43+/m1/s1. The summed E-state index contributed by atoms with van der Waals surface area (Å²) in [5.74, 6) is 0.577. The van der Waals surface area contributed by atoms with E-state index in [0.717, 1.165) is 45.9 Å². The maximum absolute atomic E-state index is 15.1. The van der Waals surface area contributed by atoms with E-state index in [2.05, 4.69) is 43.2 Å². The lowest BCUT2D eigenvalue weighted by molar-refractivity contribution is -0.146. The molecule has 8 rings (SSSR count). The number of fused-ring (bicyclic) bond motifs is 2. The number of carbonyl (C=O) groups excluding carboxylic acids is 2. The highest BCUT2D eigenvalue weighted by Gasteiger charge is 2.65. The topological polar surface area (TPSA) is 110 Å². The number of aryl methyl sites for hydroxylation is 1. The number of benzene rings is 4. The van der Waals surface area contributed by atoms with Gasteiger partial charge in [-0.15, -0.1) is 5.10 Å². The molecule has 3 aliphatic heterocycles. The zero-order chi connectivity index (χ0) is 36.9. The van der Waals surface area contributed by atoms with E-state index in [4.69, 9.17) is 9.47 Å². The van der Waals surface area contributed by atoms with E-state index in [9.17, 15) is 9.90 Å². The molecule has 3 aliphatic rings. The molecule has 5 atom stereocenters. The molecule has 0 saturated carbocycles. The fourth-order valence-corrected chi connectivity index (χ4v) is 8.86. The molecule has 53 heavy (non-hydrogen) atoms. The van der Waals surface area contributed by atoms with Crippen LogP contribution in [0.2, 0.25) is 0 Å². The van der Waals surface area contributed by atoms with Crippen LogP contribution < -0.4 is 14.5 Å². The van der Waals surface area contributed by atoms with Crippen molar-refractivity contribution in [2.45, 2.75) is 69.9 Å². The number of aliphatic hydroxyl groups is 1. The minimum Gasteiger partial charge on any atom is -0.497 e. The van der Waals surface area contributed by atoms with Crippen molar-refractivity contribution in [3.8, 4) is 5.75 Å². The minimum absolute atomic E-state index is 0.0692. The minimum atomic E-state index is -1.20. The van der Waals surface area contributed by atoms with Gasteiger partial charge in [-0.1, -0.05) is 98.8 Å². The van der Waals surface area contributed by atoms with E-state index >= 15 is 4.79 Å². The van der Waals surface area contributed by atoms with Gasteiger partial charge in [-0.05, 0) is 58.9 Å². The average molecular weight is 712 g/mol. The van der Waals surface area contributed by atoms with Gasteiger partial charge in [-0.3, -0.25) is 14.3 Å². The van der Waals surface area contributed by atoms with Gasteiger partial charge < -0.3 is 24.4 Å². The fraction of sp³-hybridized carbons (Fsp3) is 0.349. The second-order valence-corrected chi connectivity index (χ2v) is 15.0. The number of β-lactam (4-membered cyclic amide) rings is 1. The summed E-state index contributed by atoms with van der Waals surface area (Å²) >= 11 is 0. The molecule has 0 radical (unpaired) electrons. The Morgan fingerprint density at radius 2 is 1.68 bits per heavy atom. The van der Waals surface area contributed by atoms with Crippen LogP contribution in [0, 0.1) is 11.8 Å². The summed E-state index contributed by atoms with van der Waals surface area (Å²) in [7, 11) is 1.66. The Kier molecular flexibility index (Phi) is 8.91. The van der Waals surface area contributed by atoms with Crippen LogP contribution in [-0.4, -0.2) is 51.7 Å². The zero-order valence-corrected chi connectivity index (χ0v) is 30.6. The molecule has 1 N–H and O–H groups in total. The van der Waals surface area contributed by atoms with Gasteiger partial charge in [0, 0.05) is 42.6 Å². The Balaban J connectivity index is 1.11. The first-order chi connectivity index (χ1) is 25.6. The van der Waals surface area contributed by atoms with E-state index in [1.54, 1.807) is 22.9 Å². The van der Waals surface area contributed by atoms with Crippen molar-refractivity contribution in [2.24, 2.45) is 11.8 Å². The van der Waals surface area contributed by atoms with E-state index in [0.29, 0.717) is 31.6 Å². The second-order valence-electron chi connectivity index (χ2n) is 15.0. The lowest BCUT2D eigenvalue weighted by atomic mass is 9.63. The number of nitrogens with zero attached hydrogens (tertiary/aromatic N) is 5. The van der Waals surface area contributed by atoms with Crippen molar-refractivity contribution in [3.63, 3.8) is 0 Å². The van der Waals surface area contributed by atoms with Crippen LogP contribution in [0.4, 0.5) is 11.4 Å². The number of ether oxygens (including phenoxy) is 2. The van der Waals surface area contributed by atoms with Gasteiger partial charge in [0.05, 0.1) is 31.6 Å². The molecule has 2 fully saturated rings. The van der Waals surface area contributed by atoms with Crippen molar-refractivity contribution >= 4 is 23.2 Å². The fourth-order valence-electron chi connectivity index (χ4n) is 8.86. The molecule has 1 aromatic heterocycles. The summed E-state index contributed by atoms with van der Waals surface area (Å²) in [5.41, 5.74) is 4.34. The predicted octanol–water partition coefficient (Wildman–Crippen LogP) is 6.57. The number of aromatic nitrogens is 3. The zero-order valence-electron chi connectivity index (χ0n) is 30.6. The number of hydrogen-bond donors (Lipinski definition) is 1. The van der Waals surface area contributed by atoms with Crippen molar-refractivity contribution in [1.82, 2.24) is 15.0 Å². The van der Waals surface area contributed by atoms with E-state index in [1.165, 1.54) is 0 Å². The summed E-state index contributed by atoms with van der Waals surface area (Å²) in [5, 5.41) is 19.7. The molecule has 4 heterocycles. The number of methoxy groups -OCH3 is 1. The van der Waals surface area contributed by atoms with Gasteiger partial charge in [-0.25, -0.2) is 0 Å². The van der Waals surface area contributed by atoms with Gasteiger partial charge in [0.1, 0.15) is 17.5 Å². The second kappa shape index (κ2) is 13.6. The van der Waals surface area contributed by atoms with Crippen LogP contribution in [-0.2, 0) is 38.4 Å². The Labute approximate surface area is 310 Å². The highest BCUT2D eigenvalue weighted by Crippen LogP contribution is 2.60. The Bertz CT molecular complexity index is 2120. The Hall–Kier alpha value is -5.32. The van der Waals surface area contributed by atoms with Crippen LogP contribution in [0.3, 0.4) is 0 Å². The van der Waals surface area contributed by atoms with Gasteiger partial charge in [0.2, 0.25) is 5.91 Å². The van der Waals surface area contributed by atoms with Crippen LogP contribution >= 0.6 is 0 Å². The number of rotatable bonds is 11. The molecule has 10 nitrogen and oxygen atoms in total. The number of anilines is 2. The van der Waals surface area contributed by atoms with Gasteiger partial charge in [0.15, 0.2) is 5.60 Å². The van der Waals surface area contributed by atoms with Crippen molar-refractivity contribution in [3.05, 3.63) is 137 Å². The number of para-hydroxylation sites is 1. The molecule has 4 aromatic carbocycles. The highest BCUT2D eigenvalue weighted by molar-refractivity contribution is 6.07. The molecule has 5 aromatic rings. The third-order valence-corrected chi connectivity index (χ3v) is 11.8. The third kappa shape index (κ3) is 5.90. The van der Waals surface area contributed by atoms with Crippen molar-refractivity contribution < 1.29 is 24.2 Å². The molecule has 0 bridgehead atoms. The first-order valence-corrected chi connectivity index (χ1v) is 18.4. The van der Waals surface area contributed by atoms with Gasteiger partial charge in [0.25, 0.3) is 5.91 Å². The molecular formula is C43H45N5O5. The van der Waals surface area contributed by atoms with E-state index in [1.807, 2.05) is 95.9 Å². The number of amides is 2. The normalized spacial score (nSPS) is 23.0. The van der Waals surface area contributed by atoms with E-state index < -0.39 is 17.1 Å². The van der Waals surface area contributed by atoms with Gasteiger partial charge in [-0.2, -0.15) is 0 Å². The van der Waals surface area contributed by atoms with Crippen LogP contribution in [0.5, 0.6) is 5.75 Å². The van der Waals surface area contributed by atoms with Crippen molar-refractivity contribution in [1.29, 1.82) is 0 Å². The molecule has 0 unspecified atom stereocenters. The first-order valence-electron chi connectivity index (χ1n) is 18.4. The molecule has 272 valence electrons. The SMILES string of the molecule is COc1ccc(C(C)(C)[C@H]2[C@H](CCn3cc([C@H](O)c4ccccc4)nn3)O[C@@]3(C(=O)N(Cc4ccc(N5CCC5=O)cc4)c4ccccc43)[C@@H]2C)cc1. The molecule has 2 saturated heterocycles. The molecule has 1 spiro atoms. The van der Waals surface area contributed by atoms with Gasteiger partial charge >= 0.3 is 0 Å². The quantitative estimate of drug-likeness (QED) is 0.155. The summed E-state index contributed by atoms with van der Waals surface area (Å²) < 4.78 is 14.5.